The summed E-state index contributed by atoms with van der Waals surface area (Å²) in [5.74, 6) is -1.66. The average molecular weight is 355 g/mol. The zero-order chi connectivity index (χ0) is 19.4. The molecular weight excluding hydrogens is 330 g/mol. The van der Waals surface area contributed by atoms with E-state index < -0.39 is 17.9 Å². The van der Waals surface area contributed by atoms with Crippen molar-refractivity contribution in [1.29, 1.82) is 0 Å². The zero-order valence-corrected chi connectivity index (χ0v) is 15.5. The van der Waals surface area contributed by atoms with Gasteiger partial charge in [0.2, 0.25) is 0 Å². The molecule has 0 aliphatic heterocycles. The van der Waals surface area contributed by atoms with Gasteiger partial charge in [-0.15, -0.1) is 0 Å². The summed E-state index contributed by atoms with van der Waals surface area (Å²) in [5.41, 5.74) is 2.16. The van der Waals surface area contributed by atoms with Crippen molar-refractivity contribution >= 4 is 11.9 Å². The van der Waals surface area contributed by atoms with Crippen molar-refractivity contribution in [2.24, 2.45) is 0 Å². The molecule has 5 nitrogen and oxygen atoms in total. The molecule has 3 N–H and O–H groups in total. The van der Waals surface area contributed by atoms with E-state index in [2.05, 4.69) is 5.32 Å². The zero-order valence-electron chi connectivity index (χ0n) is 15.5. The van der Waals surface area contributed by atoms with Crippen LogP contribution in [0, 0.1) is 0 Å². The first kappa shape index (κ1) is 19.5. The first-order valence-electron chi connectivity index (χ1n) is 8.67. The Hall–Kier alpha value is -2.82. The summed E-state index contributed by atoms with van der Waals surface area (Å²) >= 11 is 0. The molecule has 26 heavy (non-hydrogen) atoms. The van der Waals surface area contributed by atoms with Crippen molar-refractivity contribution in [3.63, 3.8) is 0 Å². The lowest BCUT2D eigenvalue weighted by atomic mass is 9.91. The molecule has 0 radical (unpaired) electrons. The Bertz CT molecular complexity index is 797. The quantitative estimate of drug-likeness (QED) is 0.725. The third-order valence-electron chi connectivity index (χ3n) is 4.35. The molecule has 0 heterocycles. The molecule has 0 aliphatic carbocycles. The summed E-state index contributed by atoms with van der Waals surface area (Å²) < 4.78 is 0. The van der Waals surface area contributed by atoms with Gasteiger partial charge < -0.3 is 15.5 Å². The normalized spacial score (nSPS) is 12.2. The minimum absolute atomic E-state index is 0.0321. The second-order valence-electron chi connectivity index (χ2n) is 6.97. The molecule has 0 aromatic heterocycles. The van der Waals surface area contributed by atoms with Crippen molar-refractivity contribution in [3.05, 3.63) is 64.7 Å². The molecule has 138 valence electrons. The largest absolute Gasteiger partial charge is 0.507 e. The number of phenolic OH excluding ortho intramolecular Hbond substituents is 1. The molecular formula is C21H25NO4. The number of aliphatic carboxylic acids is 1. The smallest absolute Gasteiger partial charge is 0.330 e. The minimum Gasteiger partial charge on any atom is -0.507 e. The van der Waals surface area contributed by atoms with Gasteiger partial charge in [-0.3, -0.25) is 4.79 Å². The Kier molecular flexibility index (Phi) is 6.03. The van der Waals surface area contributed by atoms with Crippen LogP contribution in [0.5, 0.6) is 5.75 Å². The molecule has 2 aromatic rings. The standard InChI is InChI=1S/C21H25NO4/c1-12(2)15-10-16(13(3)4)19(23)17(11-15)20(24)22-18(21(25)26)14-8-6-5-7-9-14/h5-13,18,23H,1-4H3,(H,22,24)(H,25,26)/t18-/m0/s1. The molecule has 2 rings (SSSR count). The predicted octanol–water partition coefficient (Wildman–Crippen LogP) is 4.19. The predicted molar refractivity (Wildman–Crippen MR) is 101 cm³/mol. The third kappa shape index (κ3) is 4.23. The van der Waals surface area contributed by atoms with Crippen molar-refractivity contribution in [3.8, 4) is 5.75 Å². The van der Waals surface area contributed by atoms with Crippen molar-refractivity contribution < 1.29 is 19.8 Å². The Labute approximate surface area is 153 Å². The summed E-state index contributed by atoms with van der Waals surface area (Å²) in [6.45, 7) is 7.88. The highest BCUT2D eigenvalue weighted by molar-refractivity contribution is 5.99. The van der Waals surface area contributed by atoms with E-state index in [1.165, 1.54) is 0 Å². The van der Waals surface area contributed by atoms with E-state index in [0.717, 1.165) is 5.56 Å². The Balaban J connectivity index is 2.43. The fourth-order valence-electron chi connectivity index (χ4n) is 2.77. The van der Waals surface area contributed by atoms with Crippen molar-refractivity contribution in [1.82, 2.24) is 5.32 Å². The van der Waals surface area contributed by atoms with Crippen LogP contribution >= 0.6 is 0 Å². The van der Waals surface area contributed by atoms with Gasteiger partial charge in [0.15, 0.2) is 6.04 Å². The highest BCUT2D eigenvalue weighted by Gasteiger charge is 2.25. The van der Waals surface area contributed by atoms with Crippen LogP contribution in [0.2, 0.25) is 0 Å². The number of benzene rings is 2. The summed E-state index contributed by atoms with van der Waals surface area (Å²) in [5, 5.41) is 22.6. The van der Waals surface area contributed by atoms with E-state index >= 15 is 0 Å². The Morgan fingerprint density at radius 3 is 2.04 bits per heavy atom. The first-order valence-corrected chi connectivity index (χ1v) is 8.67. The molecule has 0 fully saturated rings. The maximum atomic E-state index is 12.8. The summed E-state index contributed by atoms with van der Waals surface area (Å²) in [7, 11) is 0. The fraction of sp³-hybridized carbons (Fsp3) is 0.333. The second-order valence-corrected chi connectivity index (χ2v) is 6.97. The second kappa shape index (κ2) is 8.04. The summed E-state index contributed by atoms with van der Waals surface area (Å²) in [6, 6.07) is 10.8. The van der Waals surface area contributed by atoms with Gasteiger partial charge in [-0.25, -0.2) is 4.79 Å². The number of amides is 1. The number of nitrogens with one attached hydrogen (secondary N) is 1. The molecule has 2 aromatic carbocycles. The average Bonchev–Trinajstić information content (AvgIpc) is 2.59. The molecule has 0 unspecified atom stereocenters. The number of rotatable bonds is 6. The topological polar surface area (TPSA) is 86.6 Å². The van der Waals surface area contributed by atoms with E-state index in [-0.39, 0.29) is 23.1 Å². The number of carbonyl (C=O) groups is 2. The van der Waals surface area contributed by atoms with Crippen LogP contribution in [-0.2, 0) is 4.79 Å². The molecule has 5 heteroatoms. The van der Waals surface area contributed by atoms with Crippen LogP contribution in [-0.4, -0.2) is 22.1 Å². The van der Waals surface area contributed by atoms with Gasteiger partial charge >= 0.3 is 5.97 Å². The van der Waals surface area contributed by atoms with E-state index in [1.807, 2.05) is 33.8 Å². The van der Waals surface area contributed by atoms with E-state index in [0.29, 0.717) is 11.1 Å². The number of aromatic hydroxyl groups is 1. The molecule has 0 saturated carbocycles. The molecule has 1 atom stereocenters. The van der Waals surface area contributed by atoms with Crippen molar-refractivity contribution in [2.45, 2.75) is 45.6 Å². The molecule has 0 saturated heterocycles. The number of hydrogen-bond donors (Lipinski definition) is 3. The Morgan fingerprint density at radius 2 is 1.54 bits per heavy atom. The highest BCUT2D eigenvalue weighted by atomic mass is 16.4. The number of hydrogen-bond acceptors (Lipinski definition) is 3. The van der Waals surface area contributed by atoms with Gasteiger partial charge in [0, 0.05) is 0 Å². The van der Waals surface area contributed by atoms with E-state index in [1.54, 1.807) is 36.4 Å². The van der Waals surface area contributed by atoms with Crippen molar-refractivity contribution in [2.75, 3.05) is 0 Å². The molecule has 0 aliphatic rings. The van der Waals surface area contributed by atoms with Crippen LogP contribution in [0.4, 0.5) is 0 Å². The lowest BCUT2D eigenvalue weighted by molar-refractivity contribution is -0.139. The summed E-state index contributed by atoms with van der Waals surface area (Å²) in [4.78, 5) is 24.4. The Morgan fingerprint density at radius 1 is 0.923 bits per heavy atom. The first-order chi connectivity index (χ1) is 12.2. The van der Waals surface area contributed by atoms with Gasteiger partial charge in [-0.05, 0) is 34.6 Å². The monoisotopic (exact) mass is 355 g/mol. The SMILES string of the molecule is CC(C)c1cc(C(=O)N[C@H](C(=O)O)c2ccccc2)c(O)c(C(C)C)c1. The van der Waals surface area contributed by atoms with Crippen LogP contribution in [0.15, 0.2) is 42.5 Å². The third-order valence-corrected chi connectivity index (χ3v) is 4.35. The fourth-order valence-corrected chi connectivity index (χ4v) is 2.77. The van der Waals surface area contributed by atoms with E-state index in [9.17, 15) is 19.8 Å². The van der Waals surface area contributed by atoms with Gasteiger partial charge in [0.1, 0.15) is 5.75 Å². The lowest BCUT2D eigenvalue weighted by Crippen LogP contribution is -2.34. The number of carbonyl (C=O) groups excluding carboxylic acids is 1. The van der Waals surface area contributed by atoms with E-state index in [4.69, 9.17) is 0 Å². The number of carboxylic acids is 1. The molecule has 0 bridgehead atoms. The van der Waals surface area contributed by atoms with Gasteiger partial charge in [-0.1, -0.05) is 64.1 Å². The lowest BCUT2D eigenvalue weighted by Gasteiger charge is -2.19. The minimum atomic E-state index is -1.19. The van der Waals surface area contributed by atoms with Crippen LogP contribution < -0.4 is 5.32 Å². The maximum Gasteiger partial charge on any atom is 0.330 e. The van der Waals surface area contributed by atoms with Gasteiger partial charge in [0.25, 0.3) is 5.91 Å². The van der Waals surface area contributed by atoms with Crippen LogP contribution in [0.3, 0.4) is 0 Å². The number of phenols is 1. The highest BCUT2D eigenvalue weighted by Crippen LogP contribution is 2.33. The molecule has 1 amide bonds. The maximum absolute atomic E-state index is 12.8. The molecule has 0 spiro atoms. The van der Waals surface area contributed by atoms with Crippen LogP contribution in [0.1, 0.15) is 72.6 Å². The number of carboxylic acid groups (broad SMARTS) is 1. The van der Waals surface area contributed by atoms with Gasteiger partial charge in [-0.2, -0.15) is 0 Å². The van der Waals surface area contributed by atoms with Gasteiger partial charge in [0.05, 0.1) is 5.56 Å². The van der Waals surface area contributed by atoms with Crippen LogP contribution in [0.25, 0.3) is 0 Å². The summed E-state index contributed by atoms with van der Waals surface area (Å²) in [6.07, 6.45) is 0.